The van der Waals surface area contributed by atoms with Crippen LogP contribution in [0.25, 0.3) is 0 Å². The Labute approximate surface area is 119 Å². The molecule has 1 atom stereocenters. The van der Waals surface area contributed by atoms with Crippen LogP contribution in [0.1, 0.15) is 30.5 Å². The zero-order chi connectivity index (χ0) is 13.5. The van der Waals surface area contributed by atoms with Gasteiger partial charge in [-0.3, -0.25) is 4.98 Å². The van der Waals surface area contributed by atoms with Crippen molar-refractivity contribution in [3.63, 3.8) is 0 Å². The van der Waals surface area contributed by atoms with Crippen LogP contribution < -0.4 is 5.32 Å². The molecule has 0 aliphatic carbocycles. The molecule has 2 aromatic rings. The van der Waals surface area contributed by atoms with Gasteiger partial charge in [-0.15, -0.1) is 0 Å². The molecule has 1 aromatic carbocycles. The molecule has 0 saturated carbocycles. The molecule has 0 amide bonds. The first-order valence-electron chi connectivity index (χ1n) is 6.67. The Kier molecular flexibility index (Phi) is 5.37. The maximum atomic E-state index is 6.09. The Morgan fingerprint density at radius 2 is 2.00 bits per heavy atom. The van der Waals surface area contributed by atoms with E-state index in [1.54, 1.807) is 0 Å². The van der Waals surface area contributed by atoms with Crippen molar-refractivity contribution >= 4 is 11.6 Å². The van der Waals surface area contributed by atoms with Gasteiger partial charge in [0.25, 0.3) is 0 Å². The quantitative estimate of drug-likeness (QED) is 0.861. The third-order valence-electron chi connectivity index (χ3n) is 3.08. The van der Waals surface area contributed by atoms with Crippen LogP contribution in [0.4, 0.5) is 0 Å². The van der Waals surface area contributed by atoms with E-state index in [2.05, 4.69) is 35.4 Å². The highest BCUT2D eigenvalue weighted by Gasteiger charge is 2.11. The smallest absolute Gasteiger partial charge is 0.0409 e. The van der Waals surface area contributed by atoms with E-state index in [0.717, 1.165) is 24.4 Å². The Morgan fingerprint density at radius 1 is 1.21 bits per heavy atom. The summed E-state index contributed by atoms with van der Waals surface area (Å²) in [6.45, 7) is 3.18. The Morgan fingerprint density at radius 3 is 2.68 bits per heavy atom. The topological polar surface area (TPSA) is 24.9 Å². The summed E-state index contributed by atoms with van der Waals surface area (Å²) in [7, 11) is 0. The molecule has 0 saturated heterocycles. The summed E-state index contributed by atoms with van der Waals surface area (Å²) < 4.78 is 0. The number of rotatable bonds is 6. The number of hydrogen-bond donors (Lipinski definition) is 1. The minimum absolute atomic E-state index is 0.293. The summed E-state index contributed by atoms with van der Waals surface area (Å²) in [5, 5.41) is 4.37. The van der Waals surface area contributed by atoms with E-state index in [-0.39, 0.29) is 0 Å². The minimum Gasteiger partial charge on any atom is -0.310 e. The minimum atomic E-state index is 0.293. The van der Waals surface area contributed by atoms with Crippen molar-refractivity contribution < 1.29 is 0 Å². The fourth-order valence-electron chi connectivity index (χ4n) is 2.10. The van der Waals surface area contributed by atoms with E-state index < -0.39 is 0 Å². The van der Waals surface area contributed by atoms with Gasteiger partial charge in [0.2, 0.25) is 0 Å². The summed E-state index contributed by atoms with van der Waals surface area (Å²) in [5.74, 6) is 0. The SMILES string of the molecule is CCCNC(Cc1ccncc1)c1cccc(Cl)c1. The van der Waals surface area contributed by atoms with Gasteiger partial charge in [0.1, 0.15) is 0 Å². The average Bonchev–Trinajstić information content (AvgIpc) is 2.44. The molecule has 3 heteroatoms. The van der Waals surface area contributed by atoms with Crippen molar-refractivity contribution in [3.8, 4) is 0 Å². The van der Waals surface area contributed by atoms with Gasteiger partial charge in [0.15, 0.2) is 0 Å². The van der Waals surface area contributed by atoms with Crippen LogP contribution in [0, 0.1) is 0 Å². The predicted molar refractivity (Wildman–Crippen MR) is 80.4 cm³/mol. The second-order valence-electron chi connectivity index (χ2n) is 4.62. The summed E-state index contributed by atoms with van der Waals surface area (Å²) in [5.41, 5.74) is 2.52. The van der Waals surface area contributed by atoms with Crippen LogP contribution in [0.3, 0.4) is 0 Å². The molecule has 19 heavy (non-hydrogen) atoms. The fourth-order valence-corrected chi connectivity index (χ4v) is 2.30. The van der Waals surface area contributed by atoms with Crippen molar-refractivity contribution in [3.05, 3.63) is 64.9 Å². The number of halogens is 1. The molecule has 0 aliphatic heterocycles. The molecule has 0 bridgehead atoms. The van der Waals surface area contributed by atoms with Crippen LogP contribution >= 0.6 is 11.6 Å². The standard InChI is InChI=1S/C16H19ClN2/c1-2-8-19-16(11-13-6-9-18-10-7-13)14-4-3-5-15(17)12-14/h3-7,9-10,12,16,19H,2,8,11H2,1H3. The molecular formula is C16H19ClN2. The lowest BCUT2D eigenvalue weighted by Gasteiger charge is -2.19. The lowest BCUT2D eigenvalue weighted by atomic mass is 9.99. The first-order chi connectivity index (χ1) is 9.29. The van der Waals surface area contributed by atoms with Crippen molar-refractivity contribution in [1.82, 2.24) is 10.3 Å². The van der Waals surface area contributed by atoms with E-state index >= 15 is 0 Å². The van der Waals surface area contributed by atoms with Crippen molar-refractivity contribution in [1.29, 1.82) is 0 Å². The number of nitrogens with zero attached hydrogens (tertiary/aromatic N) is 1. The maximum Gasteiger partial charge on any atom is 0.0409 e. The summed E-state index contributed by atoms with van der Waals surface area (Å²) >= 11 is 6.09. The van der Waals surface area contributed by atoms with Gasteiger partial charge in [0, 0.05) is 23.5 Å². The molecule has 1 aromatic heterocycles. The molecule has 0 fully saturated rings. The van der Waals surface area contributed by atoms with Crippen LogP contribution in [-0.2, 0) is 6.42 Å². The largest absolute Gasteiger partial charge is 0.310 e. The highest BCUT2D eigenvalue weighted by Crippen LogP contribution is 2.21. The van der Waals surface area contributed by atoms with Gasteiger partial charge >= 0.3 is 0 Å². The third kappa shape index (κ3) is 4.34. The van der Waals surface area contributed by atoms with E-state index in [1.807, 2.05) is 30.6 Å². The zero-order valence-electron chi connectivity index (χ0n) is 11.1. The van der Waals surface area contributed by atoms with Gasteiger partial charge in [-0.25, -0.2) is 0 Å². The van der Waals surface area contributed by atoms with Crippen molar-refractivity contribution in [2.75, 3.05) is 6.54 Å². The highest BCUT2D eigenvalue weighted by molar-refractivity contribution is 6.30. The van der Waals surface area contributed by atoms with Gasteiger partial charge in [0.05, 0.1) is 0 Å². The van der Waals surface area contributed by atoms with E-state index in [9.17, 15) is 0 Å². The fraction of sp³-hybridized carbons (Fsp3) is 0.312. The van der Waals surface area contributed by atoms with E-state index in [4.69, 9.17) is 11.6 Å². The summed E-state index contributed by atoms with van der Waals surface area (Å²) in [6.07, 6.45) is 5.74. The predicted octanol–water partition coefficient (Wildman–Crippen LogP) is 4.02. The average molecular weight is 275 g/mol. The highest BCUT2D eigenvalue weighted by atomic mass is 35.5. The molecule has 0 aliphatic rings. The molecule has 0 spiro atoms. The molecule has 1 N–H and O–H groups in total. The van der Waals surface area contributed by atoms with Crippen LogP contribution in [-0.4, -0.2) is 11.5 Å². The van der Waals surface area contributed by atoms with E-state index in [1.165, 1.54) is 11.1 Å². The van der Waals surface area contributed by atoms with Gasteiger partial charge < -0.3 is 5.32 Å². The first kappa shape index (κ1) is 14.0. The van der Waals surface area contributed by atoms with Crippen LogP contribution in [0.5, 0.6) is 0 Å². The molecule has 1 unspecified atom stereocenters. The molecule has 1 heterocycles. The Bertz CT molecular complexity index is 499. The number of aromatic nitrogens is 1. The molecule has 2 rings (SSSR count). The number of nitrogens with one attached hydrogen (secondary N) is 1. The lowest BCUT2D eigenvalue weighted by molar-refractivity contribution is 0.529. The molecule has 100 valence electrons. The third-order valence-corrected chi connectivity index (χ3v) is 3.32. The van der Waals surface area contributed by atoms with Crippen molar-refractivity contribution in [2.24, 2.45) is 0 Å². The lowest BCUT2D eigenvalue weighted by Crippen LogP contribution is -2.24. The number of hydrogen-bond acceptors (Lipinski definition) is 2. The molecular weight excluding hydrogens is 256 g/mol. The normalized spacial score (nSPS) is 12.3. The van der Waals surface area contributed by atoms with Gasteiger partial charge in [-0.05, 0) is 54.8 Å². The van der Waals surface area contributed by atoms with Crippen LogP contribution in [0.15, 0.2) is 48.8 Å². The van der Waals surface area contributed by atoms with Gasteiger partial charge in [-0.1, -0.05) is 30.7 Å². The van der Waals surface area contributed by atoms with Gasteiger partial charge in [-0.2, -0.15) is 0 Å². The zero-order valence-corrected chi connectivity index (χ0v) is 11.9. The number of benzene rings is 1. The molecule has 2 nitrogen and oxygen atoms in total. The second kappa shape index (κ2) is 7.27. The monoisotopic (exact) mass is 274 g/mol. The van der Waals surface area contributed by atoms with Crippen LogP contribution in [0.2, 0.25) is 5.02 Å². The Balaban J connectivity index is 2.16. The van der Waals surface area contributed by atoms with Crippen molar-refractivity contribution in [2.45, 2.75) is 25.8 Å². The Hall–Kier alpha value is -1.38. The first-order valence-corrected chi connectivity index (χ1v) is 7.05. The van der Waals surface area contributed by atoms with E-state index in [0.29, 0.717) is 6.04 Å². The maximum absolute atomic E-state index is 6.09. The summed E-state index contributed by atoms with van der Waals surface area (Å²) in [6, 6.07) is 12.5. The summed E-state index contributed by atoms with van der Waals surface area (Å²) in [4.78, 5) is 4.06. The molecule has 0 radical (unpaired) electrons. The number of pyridine rings is 1. The second-order valence-corrected chi connectivity index (χ2v) is 5.06.